The predicted molar refractivity (Wildman–Crippen MR) is 110 cm³/mol. The van der Waals surface area contributed by atoms with Crippen molar-refractivity contribution in [3.63, 3.8) is 0 Å². The molecule has 1 saturated carbocycles. The monoisotopic (exact) mass is 426 g/mol. The van der Waals surface area contributed by atoms with Gasteiger partial charge in [0.25, 0.3) is 5.91 Å². The Morgan fingerprint density at radius 3 is 2.79 bits per heavy atom. The van der Waals surface area contributed by atoms with Gasteiger partial charge in [0.15, 0.2) is 11.4 Å². The number of halogens is 1. The summed E-state index contributed by atoms with van der Waals surface area (Å²) in [5.41, 5.74) is -0.350. The van der Waals surface area contributed by atoms with Crippen LogP contribution in [0.4, 0.5) is 0 Å². The number of fused-ring (bicyclic) bond motifs is 1. The van der Waals surface area contributed by atoms with Crippen LogP contribution in [0, 0.1) is 0 Å². The largest absolute Gasteiger partial charge is 0.390 e. The molecule has 2 fully saturated rings. The van der Waals surface area contributed by atoms with E-state index < -0.39 is 29.7 Å². The molecule has 4 atom stereocenters. The molecule has 0 radical (unpaired) electrons. The predicted octanol–water partition coefficient (Wildman–Crippen LogP) is 1.95. The minimum absolute atomic E-state index is 0.141. The number of ether oxygens (including phenoxy) is 3. The zero-order valence-electron chi connectivity index (χ0n) is 17.5. The molecule has 0 bridgehead atoms. The molecule has 1 saturated heterocycles. The average molecular weight is 427 g/mol. The summed E-state index contributed by atoms with van der Waals surface area (Å²) >= 11 is 6.07. The van der Waals surface area contributed by atoms with Gasteiger partial charge >= 0.3 is 0 Å². The van der Waals surface area contributed by atoms with Gasteiger partial charge in [0.2, 0.25) is 0 Å². The molecule has 7 nitrogen and oxygen atoms in total. The molecule has 1 heterocycles. The van der Waals surface area contributed by atoms with Crippen molar-refractivity contribution >= 4 is 17.5 Å². The first-order valence-corrected chi connectivity index (χ1v) is 10.3. The van der Waals surface area contributed by atoms with Crippen LogP contribution in [-0.2, 0) is 25.6 Å². The van der Waals surface area contributed by atoms with E-state index in [0.717, 1.165) is 5.56 Å². The molecule has 1 aliphatic carbocycles. The van der Waals surface area contributed by atoms with E-state index in [2.05, 4.69) is 5.32 Å². The maximum Gasteiger partial charge on any atom is 0.252 e. The fourth-order valence-corrected chi connectivity index (χ4v) is 4.19. The minimum atomic E-state index is -1.21. The Kier molecular flexibility index (Phi) is 6.88. The second kappa shape index (κ2) is 8.88. The first kappa shape index (κ1) is 22.5. The normalized spacial score (nSPS) is 30.9. The van der Waals surface area contributed by atoms with Crippen LogP contribution in [0.5, 0.6) is 0 Å². The third kappa shape index (κ3) is 5.48. The van der Waals surface area contributed by atoms with Crippen LogP contribution < -0.4 is 5.32 Å². The molecule has 0 unspecified atom stereocenters. The zero-order chi connectivity index (χ0) is 21.2. The van der Waals surface area contributed by atoms with Gasteiger partial charge < -0.3 is 29.5 Å². The fraction of sp³-hybridized carbons (Fsp3) is 0.667. The van der Waals surface area contributed by atoms with Gasteiger partial charge in [-0.3, -0.25) is 4.79 Å². The topological polar surface area (TPSA) is 80.3 Å². The Morgan fingerprint density at radius 1 is 1.34 bits per heavy atom. The molecule has 0 spiro atoms. The number of aliphatic hydroxyl groups is 1. The van der Waals surface area contributed by atoms with E-state index in [9.17, 15) is 9.90 Å². The second-order valence-corrected chi connectivity index (χ2v) is 9.02. The Labute approximate surface area is 177 Å². The van der Waals surface area contributed by atoms with Gasteiger partial charge in [-0.1, -0.05) is 23.7 Å². The van der Waals surface area contributed by atoms with Crippen molar-refractivity contribution < 1.29 is 24.1 Å². The lowest BCUT2D eigenvalue weighted by molar-refractivity contribution is -0.174. The van der Waals surface area contributed by atoms with Crippen molar-refractivity contribution in [3.8, 4) is 0 Å². The summed E-state index contributed by atoms with van der Waals surface area (Å²) in [5, 5.41) is 14.3. The molecule has 0 aromatic heterocycles. The van der Waals surface area contributed by atoms with Gasteiger partial charge in [-0.25, -0.2) is 0 Å². The Balaban J connectivity index is 1.78. The third-order valence-electron chi connectivity index (χ3n) is 5.33. The summed E-state index contributed by atoms with van der Waals surface area (Å²) in [7, 11) is 3.89. The number of amides is 1. The number of nitrogens with zero attached hydrogens (tertiary/aromatic N) is 1. The van der Waals surface area contributed by atoms with Crippen LogP contribution in [0.2, 0.25) is 5.02 Å². The summed E-state index contributed by atoms with van der Waals surface area (Å²) in [6.07, 6.45) is -1.31. The molecule has 1 aromatic carbocycles. The zero-order valence-corrected chi connectivity index (χ0v) is 18.2. The first-order chi connectivity index (χ1) is 13.6. The first-order valence-electron chi connectivity index (χ1n) is 9.95. The summed E-state index contributed by atoms with van der Waals surface area (Å²) in [5.74, 6) is -1.05. The number of nitrogens with one attached hydrogen (secondary N) is 1. The fourth-order valence-electron chi connectivity index (χ4n) is 3.98. The van der Waals surface area contributed by atoms with E-state index in [1.54, 1.807) is 12.1 Å². The van der Waals surface area contributed by atoms with Gasteiger partial charge in [-0.05, 0) is 45.6 Å². The molecular formula is C21H31ClN2O5. The molecule has 3 rings (SSSR count). The molecule has 1 aliphatic heterocycles. The average Bonchev–Trinajstić information content (AvgIpc) is 2.94. The van der Waals surface area contributed by atoms with E-state index in [4.69, 9.17) is 25.8 Å². The maximum absolute atomic E-state index is 13.2. The van der Waals surface area contributed by atoms with Gasteiger partial charge in [0, 0.05) is 31.0 Å². The highest BCUT2D eigenvalue weighted by molar-refractivity contribution is 6.30. The number of aliphatic hydroxyl groups excluding tert-OH is 1. The van der Waals surface area contributed by atoms with Gasteiger partial charge in [-0.2, -0.15) is 0 Å². The summed E-state index contributed by atoms with van der Waals surface area (Å²) in [4.78, 5) is 15.2. The quantitative estimate of drug-likeness (QED) is 0.693. The molecule has 1 aromatic rings. The number of hydrogen-bond donors (Lipinski definition) is 2. The summed E-state index contributed by atoms with van der Waals surface area (Å²) < 4.78 is 18.0. The van der Waals surface area contributed by atoms with Crippen LogP contribution in [-0.4, -0.2) is 72.8 Å². The highest BCUT2D eigenvalue weighted by Crippen LogP contribution is 2.43. The van der Waals surface area contributed by atoms with Crippen LogP contribution >= 0.6 is 11.6 Å². The molecule has 8 heteroatoms. The van der Waals surface area contributed by atoms with Crippen molar-refractivity contribution in [2.75, 3.05) is 27.2 Å². The van der Waals surface area contributed by atoms with Gasteiger partial charge in [0.05, 0.1) is 18.8 Å². The molecule has 29 heavy (non-hydrogen) atoms. The van der Waals surface area contributed by atoms with E-state index in [0.29, 0.717) is 24.5 Å². The SMILES string of the molecule is CN(C)CCNC(=O)[C@@]1(OCc2cccc(Cl)c2)C[C@@H](O)[C@@H]2OC(C)(C)O[C@@H]2C1. The van der Waals surface area contributed by atoms with Crippen molar-refractivity contribution in [1.29, 1.82) is 0 Å². The van der Waals surface area contributed by atoms with E-state index in [-0.39, 0.29) is 18.9 Å². The lowest BCUT2D eigenvalue weighted by Gasteiger charge is -2.42. The molecule has 1 amide bonds. The van der Waals surface area contributed by atoms with Gasteiger partial charge in [-0.15, -0.1) is 0 Å². The number of rotatable bonds is 7. The van der Waals surface area contributed by atoms with Crippen LogP contribution in [0.1, 0.15) is 32.3 Å². The number of carbonyl (C=O) groups is 1. The smallest absolute Gasteiger partial charge is 0.252 e. The lowest BCUT2D eigenvalue weighted by Crippen LogP contribution is -2.59. The number of likely N-dealkylation sites (N-methyl/N-ethyl adjacent to an activating group) is 1. The number of benzene rings is 1. The lowest BCUT2D eigenvalue weighted by atomic mass is 9.78. The van der Waals surface area contributed by atoms with Crippen molar-refractivity contribution in [1.82, 2.24) is 10.2 Å². The Morgan fingerprint density at radius 2 is 2.10 bits per heavy atom. The molecule has 2 aliphatic rings. The summed E-state index contributed by atoms with van der Waals surface area (Å²) in [6, 6.07) is 7.33. The highest BCUT2D eigenvalue weighted by Gasteiger charge is 2.57. The number of carbonyl (C=O) groups excluding carboxylic acids is 1. The molecule has 162 valence electrons. The Bertz CT molecular complexity index is 729. The summed E-state index contributed by atoms with van der Waals surface area (Å²) in [6.45, 7) is 5.02. The number of hydrogen-bond acceptors (Lipinski definition) is 6. The van der Waals surface area contributed by atoms with Gasteiger partial charge in [0.1, 0.15) is 6.10 Å². The molecule has 2 N–H and O–H groups in total. The second-order valence-electron chi connectivity index (χ2n) is 8.59. The van der Waals surface area contributed by atoms with Crippen LogP contribution in [0.15, 0.2) is 24.3 Å². The Hall–Kier alpha value is -1.22. The van der Waals surface area contributed by atoms with E-state index in [1.807, 2.05) is 45.0 Å². The molecular weight excluding hydrogens is 396 g/mol. The highest BCUT2D eigenvalue weighted by atomic mass is 35.5. The maximum atomic E-state index is 13.2. The minimum Gasteiger partial charge on any atom is -0.390 e. The van der Waals surface area contributed by atoms with E-state index in [1.165, 1.54) is 0 Å². The third-order valence-corrected chi connectivity index (χ3v) is 5.57. The van der Waals surface area contributed by atoms with E-state index >= 15 is 0 Å². The van der Waals surface area contributed by atoms with Crippen molar-refractivity contribution in [2.45, 2.75) is 63.0 Å². The standard InChI is InChI=1S/C21H31ClN2O5/c1-20(2)28-17-12-21(11-16(25)18(17)29-20,19(26)23-8-9-24(3)4)27-13-14-6-5-7-15(22)10-14/h5-7,10,16-18,25H,8-9,11-13H2,1-4H3,(H,23,26)/t16-,17-,18+,21-/m1/s1. The van der Waals surface area contributed by atoms with Crippen molar-refractivity contribution in [3.05, 3.63) is 34.9 Å². The van der Waals surface area contributed by atoms with Crippen LogP contribution in [0.3, 0.4) is 0 Å². The van der Waals surface area contributed by atoms with Crippen LogP contribution in [0.25, 0.3) is 0 Å². The van der Waals surface area contributed by atoms with Crippen molar-refractivity contribution in [2.24, 2.45) is 0 Å².